The van der Waals surface area contributed by atoms with Gasteiger partial charge in [0.05, 0.1) is 43.7 Å². The number of nitrogens with two attached hydrogens (primary N) is 1. The van der Waals surface area contributed by atoms with Crippen molar-refractivity contribution in [2.75, 3.05) is 44.6 Å². The Kier molecular flexibility index (Phi) is 14.0. The standard InChI is InChI=1S/C22H20N2O2S.C19H16O2.C18H16O2.C3H4N2S.C2H4O/c25-11-9-22(20(26)24-21-23-10-12-27-21)13-18-14-5-1-3-7-16(14)19(22)17-8-4-2-6-15(17)18;20-18-19(9-10-21-18)11-16-12-5-1-3-7-14(12)17(19)15-8-4-2-6-13(15)16;1-20-18(19)16-10-15-11-6-2-4-8-13(11)17(16)14-9-5-3-7-12(14)15;4-3-5-1-2-6-3;1-2-3-1/h1-8,10,12,18-19,25H,9,11,13H2,(H,23,24,26);1-8,16-17H,9-11H2;2-9,15-17H,10H2,1H3;1-2H,(H2,4,5);1-2H2. The van der Waals surface area contributed by atoms with E-state index in [1.54, 1.807) is 12.4 Å². The highest BCUT2D eigenvalue weighted by atomic mass is 32.1. The molecule has 8 aromatic rings. The fourth-order valence-corrected chi connectivity index (χ4v) is 15.1. The molecular weight excluding hydrogens is 1000 g/mol. The van der Waals surface area contributed by atoms with E-state index in [0.29, 0.717) is 41.5 Å². The van der Waals surface area contributed by atoms with Gasteiger partial charge in [0.15, 0.2) is 10.3 Å². The first-order valence-corrected chi connectivity index (χ1v) is 28.3. The molecule has 13 heteroatoms. The molecule has 1 spiro atoms. The molecule has 11 nitrogen and oxygen atoms in total. The summed E-state index contributed by atoms with van der Waals surface area (Å²) in [6.45, 7) is 2.56. The summed E-state index contributed by atoms with van der Waals surface area (Å²) in [4.78, 5) is 46.2. The summed E-state index contributed by atoms with van der Waals surface area (Å²) in [7, 11) is 1.49. The third kappa shape index (κ3) is 8.96. The summed E-state index contributed by atoms with van der Waals surface area (Å²) >= 11 is 2.86. The first-order chi connectivity index (χ1) is 37.8. The number of epoxide rings is 1. The maximum atomic E-state index is 13.5. The maximum absolute atomic E-state index is 13.5. The Labute approximate surface area is 456 Å². The van der Waals surface area contributed by atoms with Gasteiger partial charge in [0.25, 0.3) is 0 Å². The Balaban J connectivity index is 0.000000108. The second-order valence-electron chi connectivity index (χ2n) is 21.0. The zero-order valence-corrected chi connectivity index (χ0v) is 44.4. The summed E-state index contributed by atoms with van der Waals surface area (Å²) in [6.07, 6.45) is 7.15. The topological polar surface area (TPSA) is 166 Å². The lowest BCUT2D eigenvalue weighted by Crippen LogP contribution is -2.49. The highest BCUT2D eigenvalue weighted by Crippen LogP contribution is 2.65. The Morgan fingerprint density at radius 1 is 0.636 bits per heavy atom. The zero-order chi connectivity index (χ0) is 52.7. The Hall–Kier alpha value is -7.29. The van der Waals surface area contributed by atoms with E-state index in [1.165, 1.54) is 96.5 Å². The number of carbonyl (C=O) groups excluding carboxylic acids is 3. The number of thiazole rings is 2. The molecule has 3 atom stereocenters. The highest BCUT2D eigenvalue weighted by Gasteiger charge is 2.60. The van der Waals surface area contributed by atoms with Gasteiger partial charge in [-0.25, -0.2) is 9.97 Å². The van der Waals surface area contributed by atoms with E-state index < -0.39 is 5.41 Å². The van der Waals surface area contributed by atoms with Gasteiger partial charge in [-0.3, -0.25) is 14.4 Å². The van der Waals surface area contributed by atoms with Gasteiger partial charge in [0.1, 0.15) is 0 Å². The number of aliphatic hydroxyl groups excluding tert-OH is 1. The predicted octanol–water partition coefficient (Wildman–Crippen LogP) is 11.9. The van der Waals surface area contributed by atoms with Crippen molar-refractivity contribution in [3.63, 3.8) is 0 Å². The number of esters is 2. The van der Waals surface area contributed by atoms with Crippen molar-refractivity contribution in [1.82, 2.24) is 9.97 Å². The van der Waals surface area contributed by atoms with Gasteiger partial charge < -0.3 is 30.4 Å². The van der Waals surface area contributed by atoms with Crippen LogP contribution in [0, 0.1) is 16.7 Å². The number of fused-ring (bicyclic) bond motifs is 2. The number of nitrogens with one attached hydrogen (secondary N) is 1. The second-order valence-corrected chi connectivity index (χ2v) is 22.8. The molecule has 2 aromatic heterocycles. The van der Waals surface area contributed by atoms with Crippen LogP contribution in [0.1, 0.15) is 134 Å². The highest BCUT2D eigenvalue weighted by molar-refractivity contribution is 7.13. The monoisotopic (exact) mass is 1060 g/mol. The zero-order valence-electron chi connectivity index (χ0n) is 42.8. The Morgan fingerprint density at radius 2 is 1.09 bits per heavy atom. The van der Waals surface area contributed by atoms with E-state index in [4.69, 9.17) is 15.2 Å². The summed E-state index contributed by atoms with van der Waals surface area (Å²) in [6, 6.07) is 51.2. The summed E-state index contributed by atoms with van der Waals surface area (Å²) < 4.78 is 14.9. The molecule has 11 aliphatic rings. The average Bonchev–Trinajstić information content (AvgIpc) is 4.14. The number of cyclic esters (lactones) is 1. The Morgan fingerprint density at radius 3 is 1.49 bits per heavy atom. The van der Waals surface area contributed by atoms with E-state index in [1.807, 2.05) is 22.9 Å². The molecule has 6 bridgehead atoms. The van der Waals surface area contributed by atoms with Crippen molar-refractivity contribution in [3.05, 3.63) is 236 Å². The largest absolute Gasteiger partial charge is 0.469 e. The van der Waals surface area contributed by atoms with Crippen LogP contribution in [0.4, 0.5) is 10.3 Å². The molecule has 9 aliphatic carbocycles. The fourth-order valence-electron chi connectivity index (χ4n) is 14.2. The number of anilines is 2. The predicted molar refractivity (Wildman–Crippen MR) is 299 cm³/mol. The number of benzene rings is 6. The van der Waals surface area contributed by atoms with Crippen molar-refractivity contribution in [2.24, 2.45) is 16.7 Å². The fraction of sp³-hybridized carbons (Fsp3) is 0.297. The maximum Gasteiger partial charge on any atom is 0.313 e. The minimum Gasteiger partial charge on any atom is -0.469 e. The van der Waals surface area contributed by atoms with Crippen LogP contribution in [0.2, 0.25) is 0 Å². The second kappa shape index (κ2) is 21.3. The van der Waals surface area contributed by atoms with Crippen molar-refractivity contribution in [2.45, 2.75) is 67.6 Å². The number of methoxy groups -OCH3 is 1. The molecule has 2 saturated heterocycles. The molecule has 0 radical (unpaired) electrons. The van der Waals surface area contributed by atoms with Gasteiger partial charge in [0.2, 0.25) is 5.91 Å². The van der Waals surface area contributed by atoms with Crippen LogP contribution < -0.4 is 11.1 Å². The molecule has 1 amide bonds. The van der Waals surface area contributed by atoms with E-state index in [2.05, 4.69) is 153 Å². The summed E-state index contributed by atoms with van der Waals surface area (Å²) in [5.74, 6) is 0.970. The van der Waals surface area contributed by atoms with Gasteiger partial charge >= 0.3 is 11.9 Å². The van der Waals surface area contributed by atoms with Crippen molar-refractivity contribution < 1.29 is 33.7 Å². The number of nitrogen functional groups attached to an aromatic ring is 1. The number of hydrogen-bond acceptors (Lipinski definition) is 12. The van der Waals surface area contributed by atoms with Crippen LogP contribution in [0.15, 0.2) is 169 Å². The van der Waals surface area contributed by atoms with Crippen LogP contribution in [0.5, 0.6) is 0 Å². The number of aliphatic hydroxyl groups is 1. The lowest BCUT2D eigenvalue weighted by Gasteiger charge is -2.52. The minimum absolute atomic E-state index is 0.0150. The number of aromatic nitrogens is 2. The van der Waals surface area contributed by atoms with Crippen molar-refractivity contribution >= 4 is 50.8 Å². The Bertz CT molecular complexity index is 3310. The molecule has 0 saturated carbocycles. The number of hydrogen-bond donors (Lipinski definition) is 3. The smallest absolute Gasteiger partial charge is 0.313 e. The number of carbonyl (C=O) groups is 3. The third-order valence-corrected chi connectivity index (χ3v) is 18.6. The van der Waals surface area contributed by atoms with Gasteiger partial charge in [-0.05, 0) is 98.9 Å². The molecule has 390 valence electrons. The molecule has 2 fully saturated rings. The normalized spacial score (nSPS) is 25.7. The molecule has 4 heterocycles. The van der Waals surface area contributed by atoms with Crippen LogP contribution in [0.3, 0.4) is 0 Å². The van der Waals surface area contributed by atoms with Crippen LogP contribution in [0.25, 0.3) is 0 Å². The SMILES string of the molecule is C1CO1.COC(=O)C1CC2c3ccccc3C1c1ccccc12.Nc1nccs1.O=C(Nc1nccs1)C1(CCO)CC2c3ccccc3C1c1ccccc12.O=C1OCCC12CC1c3ccccc3C2c2ccccc21. The molecular formula is C64H60N4O7S2. The molecule has 77 heavy (non-hydrogen) atoms. The quantitative estimate of drug-likeness (QED) is 0.112. The first-order valence-electron chi connectivity index (χ1n) is 26.6. The van der Waals surface area contributed by atoms with Gasteiger partial charge in [-0.15, -0.1) is 22.7 Å². The third-order valence-electron chi connectivity index (χ3n) is 17.3. The molecule has 6 aromatic carbocycles. The number of amides is 1. The van der Waals surface area contributed by atoms with E-state index in [0.717, 1.165) is 32.5 Å². The van der Waals surface area contributed by atoms with Crippen molar-refractivity contribution in [3.8, 4) is 0 Å². The van der Waals surface area contributed by atoms with Gasteiger partial charge in [0, 0.05) is 65.3 Å². The molecule has 2 aliphatic heterocycles. The lowest BCUT2D eigenvalue weighted by atomic mass is 9.51. The minimum atomic E-state index is -0.673. The molecule has 3 unspecified atom stereocenters. The summed E-state index contributed by atoms with van der Waals surface area (Å²) in [5, 5.41) is 17.9. The van der Waals surface area contributed by atoms with Gasteiger partial charge in [-0.2, -0.15) is 0 Å². The number of nitrogens with zero attached hydrogens (tertiary/aromatic N) is 2. The lowest BCUT2D eigenvalue weighted by molar-refractivity contribution is -0.148. The van der Waals surface area contributed by atoms with E-state index >= 15 is 0 Å². The summed E-state index contributed by atoms with van der Waals surface area (Å²) in [5.41, 5.74) is 20.1. The van der Waals surface area contributed by atoms with Crippen LogP contribution in [-0.2, 0) is 28.6 Å². The van der Waals surface area contributed by atoms with E-state index in [9.17, 15) is 19.5 Å². The first kappa shape index (κ1) is 50.5. The average molecular weight is 1060 g/mol. The molecule has 4 N–H and O–H groups in total. The van der Waals surface area contributed by atoms with Crippen LogP contribution >= 0.6 is 22.7 Å². The molecule has 19 rings (SSSR count). The number of rotatable bonds is 5. The van der Waals surface area contributed by atoms with Crippen LogP contribution in [-0.4, -0.2) is 66.5 Å². The number of ether oxygens (including phenoxy) is 3. The van der Waals surface area contributed by atoms with E-state index in [-0.39, 0.29) is 59.5 Å². The van der Waals surface area contributed by atoms with Gasteiger partial charge in [-0.1, -0.05) is 146 Å². The van der Waals surface area contributed by atoms with Crippen molar-refractivity contribution in [1.29, 1.82) is 0 Å².